The van der Waals surface area contributed by atoms with Crippen molar-refractivity contribution < 1.29 is 0 Å². The highest BCUT2D eigenvalue weighted by Crippen LogP contribution is 3.12. The van der Waals surface area contributed by atoms with Gasteiger partial charge in [0, 0.05) is 0 Å². The van der Waals surface area contributed by atoms with Crippen LogP contribution in [0.2, 0.25) is 0 Å². The second-order valence-electron chi connectivity index (χ2n) is 22.8. The summed E-state index contributed by atoms with van der Waals surface area (Å²) in [5, 5.41) is 0. The molecule has 218 valence electrons. The standard InChI is InChI=1S/C42H50/c1-3-15-17-5-7-19-21-9-10-22-20-8-6-18-16-4-2-14-13(1)23-25(15)30-27(17)35(19)39-11-41(21,39)42(22)12-40(42)36(20)28(18)31-26(16)24(14)29(23)32-33(30)37(39)38(40)34(31)32/h13-38H,1-12H2/t13?,14?,15?,16?,17?,18?,19?,20?,21?,22?,23?,24?,25?,26?,27?,28?,29?,30?,31?,32?,33?,34?,35-,36?,37+,38+,39+,40-,41+,42-/m1/s1. The van der Waals surface area contributed by atoms with Crippen molar-refractivity contribution >= 4 is 0 Å². The molecule has 0 aromatic heterocycles. The molecule has 18 aliphatic rings. The molecule has 18 saturated carbocycles. The van der Waals surface area contributed by atoms with Gasteiger partial charge in [0.15, 0.2) is 0 Å². The number of hydrogen-bond acceptors (Lipinski definition) is 0. The molecule has 18 rings (SSSR count). The van der Waals surface area contributed by atoms with E-state index < -0.39 is 0 Å². The molecule has 18 aliphatic carbocycles. The van der Waals surface area contributed by atoms with E-state index in [0.29, 0.717) is 0 Å². The first-order valence-electron chi connectivity index (χ1n) is 20.8. The van der Waals surface area contributed by atoms with Crippen LogP contribution in [0.1, 0.15) is 77.0 Å². The van der Waals surface area contributed by atoms with Gasteiger partial charge < -0.3 is 0 Å². The van der Waals surface area contributed by atoms with E-state index in [1.54, 1.807) is 64.2 Å². The van der Waals surface area contributed by atoms with Gasteiger partial charge in [-0.25, -0.2) is 0 Å². The summed E-state index contributed by atoms with van der Waals surface area (Å²) in [5.74, 6) is 32.8. The predicted molar refractivity (Wildman–Crippen MR) is 156 cm³/mol. The average molecular weight is 555 g/mol. The predicted octanol–water partition coefficient (Wildman–Crippen LogP) is 7.88. The third kappa shape index (κ3) is 1.26. The molecule has 30 atom stereocenters. The van der Waals surface area contributed by atoms with Crippen LogP contribution in [0.3, 0.4) is 0 Å². The average Bonchev–Trinajstić information content (AvgIpc) is 3.40. The fourth-order valence-corrected chi connectivity index (χ4v) is 27.9. The van der Waals surface area contributed by atoms with E-state index in [4.69, 9.17) is 0 Å². The quantitative estimate of drug-likeness (QED) is 0.286. The largest absolute Gasteiger partial charge is 0.0496 e. The van der Waals surface area contributed by atoms with Gasteiger partial charge in [-0.05, 0) is 253 Å². The number of hydrogen-bond donors (Lipinski definition) is 0. The molecular weight excluding hydrogens is 504 g/mol. The lowest BCUT2D eigenvalue weighted by molar-refractivity contribution is -0.154. The number of fused-ring (bicyclic) bond motifs is 5. The molecule has 0 heterocycles. The highest BCUT2D eigenvalue weighted by molar-refractivity contribution is 5.54. The maximum absolute atomic E-state index is 1.86. The Hall–Kier alpha value is 0. The Kier molecular flexibility index (Phi) is 2.44. The minimum Gasteiger partial charge on any atom is -0.0496 e. The van der Waals surface area contributed by atoms with Crippen molar-refractivity contribution in [2.75, 3.05) is 0 Å². The molecule has 18 fully saturated rings. The summed E-state index contributed by atoms with van der Waals surface area (Å²) in [6, 6.07) is 0. The summed E-state index contributed by atoms with van der Waals surface area (Å²) in [6.07, 6.45) is 21.1. The summed E-state index contributed by atoms with van der Waals surface area (Å²) in [6.45, 7) is 0. The van der Waals surface area contributed by atoms with Crippen LogP contribution in [0.15, 0.2) is 0 Å². The van der Waals surface area contributed by atoms with Gasteiger partial charge in [-0.2, -0.15) is 0 Å². The Labute approximate surface area is 252 Å². The van der Waals surface area contributed by atoms with Crippen molar-refractivity contribution in [3.05, 3.63) is 0 Å². The maximum Gasteiger partial charge on any atom is -0.0133 e. The van der Waals surface area contributed by atoms with Crippen LogP contribution < -0.4 is 0 Å². The van der Waals surface area contributed by atoms with Gasteiger partial charge in [0.2, 0.25) is 0 Å². The second kappa shape index (κ2) is 5.05. The molecule has 0 saturated heterocycles. The van der Waals surface area contributed by atoms with E-state index in [1.165, 1.54) is 154 Å². The zero-order chi connectivity index (χ0) is 25.5. The Morgan fingerprint density at radius 1 is 0.262 bits per heavy atom. The normalized spacial score (nSPS) is 92.0. The third-order valence-corrected chi connectivity index (χ3v) is 25.5. The van der Waals surface area contributed by atoms with Crippen LogP contribution in [-0.2, 0) is 0 Å². The van der Waals surface area contributed by atoms with E-state index in [-0.39, 0.29) is 0 Å². The molecule has 23 unspecified atom stereocenters. The molecule has 0 nitrogen and oxygen atoms in total. The van der Waals surface area contributed by atoms with Crippen molar-refractivity contribution in [2.45, 2.75) is 77.0 Å². The monoisotopic (exact) mass is 554 g/mol. The fourth-order valence-electron chi connectivity index (χ4n) is 27.9. The van der Waals surface area contributed by atoms with E-state index in [9.17, 15) is 0 Å². The third-order valence-electron chi connectivity index (χ3n) is 25.5. The molecule has 0 radical (unpaired) electrons. The van der Waals surface area contributed by atoms with Crippen LogP contribution in [0.4, 0.5) is 0 Å². The van der Waals surface area contributed by atoms with Crippen LogP contribution in [0.25, 0.3) is 0 Å². The smallest absolute Gasteiger partial charge is 0.0133 e. The van der Waals surface area contributed by atoms with Gasteiger partial charge in [-0.3, -0.25) is 0 Å². The molecule has 0 bridgehead atoms. The Bertz CT molecular complexity index is 1450. The number of rotatable bonds is 0. The first-order chi connectivity index (χ1) is 20.8. The van der Waals surface area contributed by atoms with Crippen LogP contribution >= 0.6 is 0 Å². The van der Waals surface area contributed by atoms with Crippen LogP contribution in [0.5, 0.6) is 0 Å². The second-order valence-corrected chi connectivity index (χ2v) is 22.8. The lowest BCUT2D eigenvalue weighted by Gasteiger charge is -2.62. The SMILES string of the molecule is C1CC2C3CCC4C5CCC6C7CCC8C9CCC%10C1C1C2C2C3[C@@H]4[C@]34C[C@]53[C@]63C[C@]35C7C8C3C9C%10C1C1C2[C@H]4[C@@H]5C31. The van der Waals surface area contributed by atoms with Crippen molar-refractivity contribution in [3.8, 4) is 0 Å². The summed E-state index contributed by atoms with van der Waals surface area (Å²) >= 11 is 0. The lowest BCUT2D eigenvalue weighted by atomic mass is 9.42. The molecule has 0 aliphatic heterocycles. The Balaban J connectivity index is 1.05. The molecule has 0 aromatic carbocycles. The zero-order valence-electron chi connectivity index (χ0n) is 25.5. The van der Waals surface area contributed by atoms with Crippen molar-refractivity contribution in [3.63, 3.8) is 0 Å². The van der Waals surface area contributed by atoms with Crippen molar-refractivity contribution in [1.82, 2.24) is 0 Å². The van der Waals surface area contributed by atoms with Gasteiger partial charge in [0.1, 0.15) is 0 Å². The summed E-state index contributed by atoms with van der Waals surface area (Å²) < 4.78 is 0. The molecule has 0 aromatic rings. The van der Waals surface area contributed by atoms with Crippen molar-refractivity contribution in [1.29, 1.82) is 0 Å². The van der Waals surface area contributed by atoms with Gasteiger partial charge in [0.05, 0.1) is 0 Å². The van der Waals surface area contributed by atoms with Gasteiger partial charge in [-0.1, -0.05) is 0 Å². The van der Waals surface area contributed by atoms with Gasteiger partial charge >= 0.3 is 0 Å². The summed E-state index contributed by atoms with van der Waals surface area (Å²) in [5.41, 5.74) is 3.75. The zero-order valence-corrected chi connectivity index (χ0v) is 25.5. The molecule has 4 spiro atoms. The molecule has 42 heavy (non-hydrogen) atoms. The van der Waals surface area contributed by atoms with Crippen LogP contribution in [0, 0.1) is 176 Å². The minimum absolute atomic E-state index is 0.936. The Morgan fingerprint density at radius 2 is 0.595 bits per heavy atom. The minimum atomic E-state index is 0.936. The van der Waals surface area contributed by atoms with E-state index in [1.807, 2.05) is 12.8 Å². The molecule has 0 N–H and O–H groups in total. The highest BCUT2D eigenvalue weighted by Gasteiger charge is 3.08. The van der Waals surface area contributed by atoms with E-state index in [2.05, 4.69) is 0 Å². The molecule has 0 heteroatoms. The van der Waals surface area contributed by atoms with E-state index in [0.717, 1.165) is 21.7 Å². The maximum atomic E-state index is 1.86. The fraction of sp³-hybridized carbons (Fsp3) is 1.00. The molecule has 0 amide bonds. The molecular formula is C42H50. The topological polar surface area (TPSA) is 0 Å². The first-order valence-corrected chi connectivity index (χ1v) is 20.8. The Morgan fingerprint density at radius 3 is 1.02 bits per heavy atom. The van der Waals surface area contributed by atoms with Gasteiger partial charge in [-0.15, -0.1) is 0 Å². The van der Waals surface area contributed by atoms with Gasteiger partial charge in [0.25, 0.3) is 0 Å². The van der Waals surface area contributed by atoms with E-state index >= 15 is 0 Å². The van der Waals surface area contributed by atoms with Crippen LogP contribution in [-0.4, -0.2) is 0 Å². The summed E-state index contributed by atoms with van der Waals surface area (Å²) in [7, 11) is 0. The van der Waals surface area contributed by atoms with Crippen molar-refractivity contribution in [2.24, 2.45) is 176 Å². The summed E-state index contributed by atoms with van der Waals surface area (Å²) in [4.78, 5) is 0. The highest BCUT2D eigenvalue weighted by atomic mass is 15.1. The first kappa shape index (κ1) is 20.3. The lowest BCUT2D eigenvalue weighted by Crippen LogP contribution is -2.59.